The molecule has 2 heterocycles. The van der Waals surface area contributed by atoms with Crippen molar-refractivity contribution in [2.24, 2.45) is 0 Å². The van der Waals surface area contributed by atoms with Crippen LogP contribution in [0.5, 0.6) is 5.75 Å². The first-order valence-electron chi connectivity index (χ1n) is 9.41. The summed E-state index contributed by atoms with van der Waals surface area (Å²) in [5.74, 6) is -0.810. The molecule has 0 radical (unpaired) electrons. The lowest BCUT2D eigenvalue weighted by atomic mass is 10.0. The number of carbonyl (C=O) groups excluding carboxylic acids is 1. The number of alkyl halides is 5. The molecule has 0 unspecified atom stereocenters. The number of aromatic nitrogens is 3. The Morgan fingerprint density at radius 2 is 1.82 bits per heavy atom. The van der Waals surface area contributed by atoms with Crippen molar-refractivity contribution in [2.75, 3.05) is 18.1 Å². The number of nitrogens with two attached hydrogens (primary N) is 2. The van der Waals surface area contributed by atoms with Gasteiger partial charge in [0.15, 0.2) is 6.61 Å². The number of anilines is 2. The number of hydrogen-bond donors (Lipinski definition) is 3. The summed E-state index contributed by atoms with van der Waals surface area (Å²) in [6.45, 7) is -2.73. The van der Waals surface area contributed by atoms with Gasteiger partial charge in [-0.25, -0.2) is 9.67 Å². The van der Waals surface area contributed by atoms with E-state index in [2.05, 4.69) is 20.1 Å². The normalized spacial score (nSPS) is 11.6. The number of nitrogens with one attached hydrogen (secondary N) is 1. The molecule has 0 aliphatic heterocycles. The molecule has 0 atom stereocenters. The standard InChI is InChI=1S/C20H19F5N6O2/c1-10-15(8-31(30-10)19(21)22)13-6-14(17(27)29-16(13)26)18(32)28-7-11-2-4-12(5-3-11)33-9-20(23,24)25/h2-6,8,19H,7,9H2,1H3,(H,28,32)(H4,26,27,29). The summed E-state index contributed by atoms with van der Waals surface area (Å²) in [5.41, 5.74) is 13.0. The first kappa shape index (κ1) is 23.8. The average Bonchev–Trinajstić information content (AvgIpc) is 3.12. The molecule has 1 amide bonds. The Morgan fingerprint density at radius 1 is 1.15 bits per heavy atom. The second-order valence-corrected chi connectivity index (χ2v) is 6.97. The molecule has 0 bridgehead atoms. The van der Waals surface area contributed by atoms with Gasteiger partial charge < -0.3 is 21.5 Å². The fourth-order valence-electron chi connectivity index (χ4n) is 2.93. The van der Waals surface area contributed by atoms with E-state index in [0.717, 1.165) is 6.20 Å². The number of aryl methyl sites for hydroxylation is 1. The van der Waals surface area contributed by atoms with Crippen LogP contribution in [-0.2, 0) is 6.54 Å². The summed E-state index contributed by atoms with van der Waals surface area (Å²) < 4.78 is 67.6. The van der Waals surface area contributed by atoms with Gasteiger partial charge in [-0.15, -0.1) is 0 Å². The molecule has 176 valence electrons. The zero-order valence-electron chi connectivity index (χ0n) is 17.2. The van der Waals surface area contributed by atoms with Crippen molar-refractivity contribution in [3.8, 4) is 16.9 Å². The van der Waals surface area contributed by atoms with E-state index in [1.54, 1.807) is 0 Å². The largest absolute Gasteiger partial charge is 0.484 e. The van der Waals surface area contributed by atoms with Gasteiger partial charge in [-0.3, -0.25) is 4.79 Å². The van der Waals surface area contributed by atoms with Crippen molar-refractivity contribution in [3.63, 3.8) is 0 Å². The minimum absolute atomic E-state index is 0.0266. The van der Waals surface area contributed by atoms with Gasteiger partial charge in [0.2, 0.25) is 0 Å². The van der Waals surface area contributed by atoms with E-state index in [9.17, 15) is 26.7 Å². The number of nitrogen functional groups attached to an aromatic ring is 2. The second kappa shape index (κ2) is 9.30. The predicted octanol–water partition coefficient (Wildman–Crippen LogP) is 3.68. The summed E-state index contributed by atoms with van der Waals surface area (Å²) in [7, 11) is 0. The topological polar surface area (TPSA) is 121 Å². The van der Waals surface area contributed by atoms with E-state index in [1.807, 2.05) is 0 Å². The van der Waals surface area contributed by atoms with Gasteiger partial charge in [0.1, 0.15) is 17.4 Å². The molecule has 0 saturated heterocycles. The van der Waals surface area contributed by atoms with Crippen molar-refractivity contribution < 1.29 is 31.5 Å². The Labute approximate surface area is 184 Å². The Balaban J connectivity index is 1.73. The third-order valence-electron chi connectivity index (χ3n) is 4.51. The Kier molecular flexibility index (Phi) is 6.70. The van der Waals surface area contributed by atoms with Crippen LogP contribution in [0.3, 0.4) is 0 Å². The molecule has 3 aromatic rings. The summed E-state index contributed by atoms with van der Waals surface area (Å²) in [4.78, 5) is 16.6. The molecule has 3 rings (SSSR count). The second-order valence-electron chi connectivity index (χ2n) is 6.97. The zero-order valence-corrected chi connectivity index (χ0v) is 17.2. The minimum Gasteiger partial charge on any atom is -0.484 e. The van der Waals surface area contributed by atoms with Gasteiger partial charge >= 0.3 is 12.7 Å². The molecule has 1 aromatic carbocycles. The first-order valence-corrected chi connectivity index (χ1v) is 9.41. The van der Waals surface area contributed by atoms with Crippen molar-refractivity contribution >= 4 is 17.5 Å². The number of amides is 1. The summed E-state index contributed by atoms with van der Waals surface area (Å²) in [6, 6.07) is 7.00. The van der Waals surface area contributed by atoms with E-state index in [4.69, 9.17) is 11.5 Å². The predicted molar refractivity (Wildman–Crippen MR) is 109 cm³/mol. The van der Waals surface area contributed by atoms with E-state index in [0.29, 0.717) is 10.2 Å². The van der Waals surface area contributed by atoms with Crippen LogP contribution < -0.4 is 21.5 Å². The van der Waals surface area contributed by atoms with Crippen LogP contribution in [0.1, 0.15) is 28.2 Å². The lowest BCUT2D eigenvalue weighted by molar-refractivity contribution is -0.153. The lowest BCUT2D eigenvalue weighted by Gasteiger charge is -2.12. The summed E-state index contributed by atoms with van der Waals surface area (Å²) in [6.07, 6.45) is -3.36. The maximum atomic E-state index is 12.9. The molecular weight excluding hydrogens is 451 g/mol. The molecule has 33 heavy (non-hydrogen) atoms. The van der Waals surface area contributed by atoms with E-state index in [-0.39, 0.29) is 46.3 Å². The number of halogens is 5. The van der Waals surface area contributed by atoms with Gasteiger partial charge in [-0.2, -0.15) is 27.1 Å². The maximum Gasteiger partial charge on any atom is 0.422 e. The number of hydrogen-bond acceptors (Lipinski definition) is 6. The van der Waals surface area contributed by atoms with Crippen LogP contribution in [0.25, 0.3) is 11.1 Å². The van der Waals surface area contributed by atoms with Gasteiger partial charge in [0.25, 0.3) is 5.91 Å². The van der Waals surface area contributed by atoms with E-state index >= 15 is 0 Å². The fourth-order valence-corrected chi connectivity index (χ4v) is 2.93. The number of carbonyl (C=O) groups is 1. The van der Waals surface area contributed by atoms with Gasteiger partial charge in [-0.1, -0.05) is 12.1 Å². The van der Waals surface area contributed by atoms with Gasteiger partial charge in [-0.05, 0) is 30.7 Å². The first-order chi connectivity index (χ1) is 15.4. The zero-order chi connectivity index (χ0) is 24.3. The number of ether oxygens (including phenoxy) is 1. The molecule has 0 spiro atoms. The van der Waals surface area contributed by atoms with Crippen LogP contribution in [0.15, 0.2) is 36.5 Å². The number of benzene rings is 1. The summed E-state index contributed by atoms with van der Waals surface area (Å²) in [5, 5.41) is 6.32. The van der Waals surface area contributed by atoms with Crippen LogP contribution in [0.2, 0.25) is 0 Å². The smallest absolute Gasteiger partial charge is 0.422 e. The highest BCUT2D eigenvalue weighted by molar-refractivity contribution is 6.00. The number of rotatable bonds is 7. The van der Waals surface area contributed by atoms with Crippen molar-refractivity contribution in [1.82, 2.24) is 20.1 Å². The monoisotopic (exact) mass is 470 g/mol. The molecule has 13 heteroatoms. The highest BCUT2D eigenvalue weighted by Gasteiger charge is 2.28. The minimum atomic E-state index is -4.45. The highest BCUT2D eigenvalue weighted by Crippen LogP contribution is 2.31. The molecule has 5 N–H and O–H groups in total. The average molecular weight is 470 g/mol. The lowest BCUT2D eigenvalue weighted by Crippen LogP contribution is -2.24. The Hall–Kier alpha value is -3.90. The van der Waals surface area contributed by atoms with Crippen molar-refractivity contribution in [1.29, 1.82) is 0 Å². The molecule has 8 nitrogen and oxygen atoms in total. The quantitative estimate of drug-likeness (QED) is 0.453. The van der Waals surface area contributed by atoms with E-state index in [1.165, 1.54) is 37.3 Å². The number of nitrogens with zero attached hydrogens (tertiary/aromatic N) is 3. The maximum absolute atomic E-state index is 12.9. The van der Waals surface area contributed by atoms with Crippen molar-refractivity contribution in [2.45, 2.75) is 26.2 Å². The molecule has 0 aliphatic rings. The third-order valence-corrected chi connectivity index (χ3v) is 4.51. The Morgan fingerprint density at radius 3 is 2.39 bits per heavy atom. The molecular formula is C20H19F5N6O2. The van der Waals surface area contributed by atoms with E-state index < -0.39 is 25.2 Å². The van der Waals surface area contributed by atoms with Gasteiger partial charge in [0, 0.05) is 23.9 Å². The molecule has 2 aromatic heterocycles. The third kappa shape index (κ3) is 5.87. The highest BCUT2D eigenvalue weighted by atomic mass is 19.4. The van der Waals surface area contributed by atoms with Crippen LogP contribution in [0.4, 0.5) is 33.6 Å². The Bertz CT molecular complexity index is 1150. The molecule has 0 saturated carbocycles. The molecule has 0 fully saturated rings. The van der Waals surface area contributed by atoms with Crippen LogP contribution in [-0.4, -0.2) is 33.5 Å². The van der Waals surface area contributed by atoms with Crippen LogP contribution in [0, 0.1) is 6.92 Å². The summed E-state index contributed by atoms with van der Waals surface area (Å²) >= 11 is 0. The van der Waals surface area contributed by atoms with Gasteiger partial charge in [0.05, 0.1) is 11.3 Å². The van der Waals surface area contributed by atoms with Crippen LogP contribution >= 0.6 is 0 Å². The number of pyridine rings is 1. The fraction of sp³-hybridized carbons (Fsp3) is 0.250. The van der Waals surface area contributed by atoms with Crippen molar-refractivity contribution in [3.05, 3.63) is 53.3 Å². The molecule has 0 aliphatic carbocycles. The SMILES string of the molecule is Cc1nn(C(F)F)cc1-c1cc(C(=O)NCc2ccc(OCC(F)(F)F)cc2)c(N)nc1N.